The van der Waals surface area contributed by atoms with Crippen molar-refractivity contribution in [1.82, 2.24) is 5.32 Å². The van der Waals surface area contributed by atoms with Crippen molar-refractivity contribution in [3.8, 4) is 0 Å². The number of hydrogen-bond donors (Lipinski definition) is 1. The first kappa shape index (κ1) is 15.0. The summed E-state index contributed by atoms with van der Waals surface area (Å²) in [5.41, 5.74) is -0.287. The lowest BCUT2D eigenvalue weighted by Gasteiger charge is -2.11. The third kappa shape index (κ3) is 3.39. The number of rotatable bonds is 4. The second-order valence-electron chi connectivity index (χ2n) is 4.39. The van der Waals surface area contributed by atoms with Gasteiger partial charge < -0.3 is 10.1 Å². The van der Waals surface area contributed by atoms with Crippen LogP contribution >= 0.6 is 23.2 Å². The highest BCUT2D eigenvalue weighted by atomic mass is 35.5. The Morgan fingerprint density at radius 1 is 1.50 bits per heavy atom. The second-order valence-corrected chi connectivity index (χ2v) is 5.18. The summed E-state index contributed by atoms with van der Waals surface area (Å²) in [6.45, 7) is 1.03. The Labute approximate surface area is 125 Å². The maximum atomic E-state index is 12.0. The van der Waals surface area contributed by atoms with Gasteiger partial charge in [0.1, 0.15) is 0 Å². The Kier molecular flexibility index (Phi) is 4.80. The largest absolute Gasteiger partial charge is 0.376 e. The molecular formula is C12H12Cl2N2O4. The van der Waals surface area contributed by atoms with E-state index in [1.165, 1.54) is 0 Å². The van der Waals surface area contributed by atoms with Crippen LogP contribution in [0, 0.1) is 10.1 Å². The number of halogens is 2. The van der Waals surface area contributed by atoms with Crippen LogP contribution in [0.4, 0.5) is 5.69 Å². The third-order valence-corrected chi connectivity index (χ3v) is 3.78. The molecule has 1 aliphatic heterocycles. The minimum Gasteiger partial charge on any atom is -0.376 e. The molecule has 8 heteroatoms. The molecule has 108 valence electrons. The third-order valence-electron chi connectivity index (χ3n) is 2.98. The van der Waals surface area contributed by atoms with Gasteiger partial charge in [-0.3, -0.25) is 14.9 Å². The first-order valence-corrected chi connectivity index (χ1v) is 6.78. The normalized spacial score (nSPS) is 18.0. The Balaban J connectivity index is 2.13. The summed E-state index contributed by atoms with van der Waals surface area (Å²) in [7, 11) is 0. The van der Waals surface area contributed by atoms with Gasteiger partial charge in [0.15, 0.2) is 0 Å². The number of nitro groups is 1. The van der Waals surface area contributed by atoms with Crippen LogP contribution in [-0.2, 0) is 4.74 Å². The molecule has 1 saturated heterocycles. The van der Waals surface area contributed by atoms with E-state index >= 15 is 0 Å². The van der Waals surface area contributed by atoms with Gasteiger partial charge in [-0.15, -0.1) is 0 Å². The van der Waals surface area contributed by atoms with Crippen LogP contribution in [0.3, 0.4) is 0 Å². The monoisotopic (exact) mass is 318 g/mol. The fraction of sp³-hybridized carbons (Fsp3) is 0.417. The molecule has 0 bridgehead atoms. The van der Waals surface area contributed by atoms with Gasteiger partial charge in [0.2, 0.25) is 0 Å². The number of carbonyl (C=O) groups is 1. The van der Waals surface area contributed by atoms with Gasteiger partial charge in [-0.05, 0) is 12.8 Å². The lowest BCUT2D eigenvalue weighted by Crippen LogP contribution is -2.32. The van der Waals surface area contributed by atoms with Crippen molar-refractivity contribution in [2.24, 2.45) is 0 Å². The summed E-state index contributed by atoms with van der Waals surface area (Å²) in [5.74, 6) is -0.504. The quantitative estimate of drug-likeness (QED) is 0.683. The molecule has 1 aromatic carbocycles. The van der Waals surface area contributed by atoms with Crippen LogP contribution in [0.25, 0.3) is 0 Å². The van der Waals surface area contributed by atoms with E-state index in [4.69, 9.17) is 27.9 Å². The van der Waals surface area contributed by atoms with E-state index in [2.05, 4.69) is 5.32 Å². The van der Waals surface area contributed by atoms with Gasteiger partial charge in [-0.2, -0.15) is 0 Å². The van der Waals surface area contributed by atoms with E-state index in [0.29, 0.717) is 13.2 Å². The zero-order valence-electron chi connectivity index (χ0n) is 10.4. The van der Waals surface area contributed by atoms with Crippen LogP contribution in [0.1, 0.15) is 23.2 Å². The van der Waals surface area contributed by atoms with Gasteiger partial charge in [0.05, 0.1) is 26.6 Å². The van der Waals surface area contributed by atoms with E-state index in [9.17, 15) is 14.9 Å². The summed E-state index contributed by atoms with van der Waals surface area (Å²) in [6, 6.07) is 2.22. The molecular weight excluding hydrogens is 307 g/mol. The van der Waals surface area contributed by atoms with Crippen molar-refractivity contribution in [1.29, 1.82) is 0 Å². The van der Waals surface area contributed by atoms with E-state index in [0.717, 1.165) is 25.0 Å². The zero-order chi connectivity index (χ0) is 14.7. The van der Waals surface area contributed by atoms with Crippen molar-refractivity contribution < 1.29 is 14.5 Å². The second kappa shape index (κ2) is 6.39. The molecule has 0 aromatic heterocycles. The Bertz CT molecular complexity index is 545. The Morgan fingerprint density at radius 2 is 2.25 bits per heavy atom. The fourth-order valence-corrected chi connectivity index (χ4v) is 2.36. The highest BCUT2D eigenvalue weighted by molar-refractivity contribution is 6.44. The molecule has 1 fully saturated rings. The number of ether oxygens (including phenoxy) is 1. The number of nitrogens with zero attached hydrogens (tertiary/aromatic N) is 1. The Hall–Kier alpha value is -1.37. The van der Waals surface area contributed by atoms with Gasteiger partial charge in [-0.25, -0.2) is 0 Å². The molecule has 0 spiro atoms. The first-order chi connectivity index (χ1) is 9.49. The molecule has 1 amide bonds. The zero-order valence-corrected chi connectivity index (χ0v) is 11.9. The predicted octanol–water partition coefficient (Wildman–Crippen LogP) is 2.81. The Morgan fingerprint density at radius 3 is 2.85 bits per heavy atom. The first-order valence-electron chi connectivity index (χ1n) is 6.02. The van der Waals surface area contributed by atoms with Crippen molar-refractivity contribution >= 4 is 34.8 Å². The average molecular weight is 319 g/mol. The molecule has 1 unspecified atom stereocenters. The summed E-state index contributed by atoms with van der Waals surface area (Å²) < 4.78 is 5.37. The summed E-state index contributed by atoms with van der Waals surface area (Å²) in [6.07, 6.45) is 1.82. The van der Waals surface area contributed by atoms with Crippen molar-refractivity contribution in [2.75, 3.05) is 13.2 Å². The number of amides is 1. The van der Waals surface area contributed by atoms with E-state index in [1.54, 1.807) is 0 Å². The number of benzene rings is 1. The van der Waals surface area contributed by atoms with Crippen LogP contribution in [-0.4, -0.2) is 30.1 Å². The van der Waals surface area contributed by atoms with Crippen LogP contribution in [0.5, 0.6) is 0 Å². The maximum Gasteiger partial charge on any atom is 0.271 e. The SMILES string of the molecule is O=C(NCC1CCCO1)c1cc([N+](=O)[O-])cc(Cl)c1Cl. The highest BCUT2D eigenvalue weighted by Crippen LogP contribution is 2.30. The smallest absolute Gasteiger partial charge is 0.271 e. The fourth-order valence-electron chi connectivity index (χ4n) is 1.95. The predicted molar refractivity (Wildman–Crippen MR) is 74.4 cm³/mol. The molecule has 20 heavy (non-hydrogen) atoms. The minimum atomic E-state index is -0.626. The summed E-state index contributed by atoms with van der Waals surface area (Å²) >= 11 is 11.7. The molecule has 1 heterocycles. The lowest BCUT2D eigenvalue weighted by atomic mass is 10.1. The molecule has 2 rings (SSSR count). The maximum absolute atomic E-state index is 12.0. The molecule has 0 aliphatic carbocycles. The van der Waals surface area contributed by atoms with Crippen molar-refractivity contribution in [2.45, 2.75) is 18.9 Å². The lowest BCUT2D eigenvalue weighted by molar-refractivity contribution is -0.384. The van der Waals surface area contributed by atoms with Gasteiger partial charge in [0.25, 0.3) is 11.6 Å². The van der Waals surface area contributed by atoms with Gasteiger partial charge in [-0.1, -0.05) is 23.2 Å². The van der Waals surface area contributed by atoms with Crippen molar-refractivity contribution in [3.63, 3.8) is 0 Å². The minimum absolute atomic E-state index is 0.00195. The van der Waals surface area contributed by atoms with E-state index in [1.807, 2.05) is 0 Å². The van der Waals surface area contributed by atoms with Crippen LogP contribution < -0.4 is 5.32 Å². The van der Waals surface area contributed by atoms with Crippen LogP contribution in [0.15, 0.2) is 12.1 Å². The topological polar surface area (TPSA) is 81.5 Å². The molecule has 1 N–H and O–H groups in total. The molecule has 0 radical (unpaired) electrons. The van der Waals surface area contributed by atoms with Crippen molar-refractivity contribution in [3.05, 3.63) is 37.9 Å². The highest BCUT2D eigenvalue weighted by Gasteiger charge is 2.21. The summed E-state index contributed by atoms with van der Waals surface area (Å²) in [4.78, 5) is 22.1. The molecule has 1 atom stereocenters. The molecule has 1 aliphatic rings. The standard InChI is InChI=1S/C12H12Cl2N2O4/c13-10-5-7(16(18)19)4-9(11(10)14)12(17)15-6-8-2-1-3-20-8/h4-5,8H,1-3,6H2,(H,15,17). The van der Waals surface area contributed by atoms with Gasteiger partial charge >= 0.3 is 0 Å². The van der Waals surface area contributed by atoms with Crippen LogP contribution in [0.2, 0.25) is 10.0 Å². The molecule has 6 nitrogen and oxygen atoms in total. The average Bonchev–Trinajstić information content (AvgIpc) is 2.92. The number of nitro benzene ring substituents is 1. The number of carbonyl (C=O) groups excluding carboxylic acids is 1. The number of nitrogens with one attached hydrogen (secondary N) is 1. The number of hydrogen-bond acceptors (Lipinski definition) is 4. The number of non-ortho nitro benzene ring substituents is 1. The molecule has 0 saturated carbocycles. The summed E-state index contributed by atoms with van der Waals surface area (Å²) in [5, 5.41) is 13.4. The molecule has 1 aromatic rings. The van der Waals surface area contributed by atoms with Gasteiger partial charge in [0, 0.05) is 25.3 Å². The van der Waals surface area contributed by atoms with E-state index in [-0.39, 0.29) is 27.4 Å². The van der Waals surface area contributed by atoms with E-state index < -0.39 is 10.8 Å².